The van der Waals surface area contributed by atoms with Gasteiger partial charge >= 0.3 is 0 Å². The van der Waals surface area contributed by atoms with Gasteiger partial charge in [0.05, 0.1) is 18.5 Å². The highest BCUT2D eigenvalue weighted by atomic mass is 32.2. The fraction of sp³-hybridized carbons (Fsp3) is 0.100. The second-order valence-corrected chi connectivity index (χ2v) is 8.41. The van der Waals surface area contributed by atoms with E-state index in [1.807, 2.05) is 24.3 Å². The minimum Gasteiger partial charge on any atom is -0.340 e. The zero-order chi connectivity index (χ0) is 21.0. The monoisotopic (exact) mass is 421 g/mol. The second-order valence-electron chi connectivity index (χ2n) is 6.66. The van der Waals surface area contributed by atoms with Crippen molar-refractivity contribution in [2.45, 2.75) is 6.54 Å². The Labute approximate surface area is 173 Å². The Morgan fingerprint density at radius 3 is 2.50 bits per heavy atom. The number of hydrogen-bond donors (Lipinski definition) is 2. The summed E-state index contributed by atoms with van der Waals surface area (Å²) in [5.41, 5.74) is 4.10. The lowest BCUT2D eigenvalue weighted by atomic mass is 10.1. The molecule has 9 nitrogen and oxygen atoms in total. The summed E-state index contributed by atoms with van der Waals surface area (Å²) in [4.78, 5) is 12.6. The van der Waals surface area contributed by atoms with Crippen molar-refractivity contribution in [1.82, 2.24) is 24.7 Å². The molecule has 2 N–H and O–H groups in total. The fourth-order valence-corrected chi connectivity index (χ4v) is 3.46. The van der Waals surface area contributed by atoms with Gasteiger partial charge in [-0.15, -0.1) is 0 Å². The van der Waals surface area contributed by atoms with Crippen molar-refractivity contribution in [2.75, 3.05) is 16.3 Å². The summed E-state index contributed by atoms with van der Waals surface area (Å²) in [6, 6.07) is 16.8. The van der Waals surface area contributed by atoms with Crippen LogP contribution in [0.15, 0.2) is 73.6 Å². The van der Waals surface area contributed by atoms with E-state index in [0.29, 0.717) is 18.1 Å². The average Bonchev–Trinajstić information content (AvgIpc) is 3.22. The molecule has 2 heterocycles. The summed E-state index contributed by atoms with van der Waals surface area (Å²) < 4.78 is 26.8. The Bertz CT molecular complexity index is 1240. The van der Waals surface area contributed by atoms with E-state index in [2.05, 4.69) is 36.2 Å². The van der Waals surface area contributed by atoms with Gasteiger partial charge in [-0.2, -0.15) is 5.10 Å². The first-order valence-electron chi connectivity index (χ1n) is 9.03. The van der Waals surface area contributed by atoms with Gasteiger partial charge in [0.1, 0.15) is 24.8 Å². The standard InChI is InChI=1S/C20H19N7O2S/c1-30(28,29)26-18-7-5-17(6-8-18)25-20-10-19(22-13-23-20)16-4-2-3-15(9-16)11-27-14-21-12-24-27/h2-10,12-14,26H,11H2,1H3,(H,22,23,25). The topological polar surface area (TPSA) is 115 Å². The first-order chi connectivity index (χ1) is 14.4. The third-order valence-corrected chi connectivity index (χ3v) is 4.77. The second kappa shape index (κ2) is 8.29. The molecule has 0 unspecified atom stereocenters. The molecule has 4 rings (SSSR count). The van der Waals surface area contributed by atoms with Gasteiger partial charge in [0.15, 0.2) is 0 Å². The molecule has 0 saturated heterocycles. The highest BCUT2D eigenvalue weighted by Crippen LogP contribution is 2.23. The van der Waals surface area contributed by atoms with Gasteiger partial charge < -0.3 is 5.32 Å². The van der Waals surface area contributed by atoms with Crippen LogP contribution in [0.4, 0.5) is 17.2 Å². The van der Waals surface area contributed by atoms with Gasteiger partial charge in [-0.25, -0.2) is 28.1 Å². The predicted octanol–water partition coefficient (Wildman–Crippen LogP) is 2.90. The van der Waals surface area contributed by atoms with Gasteiger partial charge in [-0.3, -0.25) is 4.72 Å². The van der Waals surface area contributed by atoms with Crippen LogP contribution in [0.3, 0.4) is 0 Å². The first kappa shape index (κ1) is 19.5. The Morgan fingerprint density at radius 1 is 0.967 bits per heavy atom. The highest BCUT2D eigenvalue weighted by molar-refractivity contribution is 7.92. The molecular weight excluding hydrogens is 402 g/mol. The molecular formula is C20H19N7O2S. The molecule has 30 heavy (non-hydrogen) atoms. The van der Waals surface area contributed by atoms with Crippen LogP contribution < -0.4 is 10.0 Å². The van der Waals surface area contributed by atoms with E-state index in [9.17, 15) is 8.42 Å². The van der Waals surface area contributed by atoms with E-state index in [1.54, 1.807) is 35.3 Å². The van der Waals surface area contributed by atoms with Crippen molar-refractivity contribution in [1.29, 1.82) is 0 Å². The maximum atomic E-state index is 11.3. The molecule has 0 aliphatic heterocycles. The number of benzene rings is 2. The van der Waals surface area contributed by atoms with Gasteiger partial charge in [-0.1, -0.05) is 18.2 Å². The maximum absolute atomic E-state index is 11.3. The smallest absolute Gasteiger partial charge is 0.229 e. The Morgan fingerprint density at radius 2 is 1.77 bits per heavy atom. The van der Waals surface area contributed by atoms with Gasteiger partial charge in [0.2, 0.25) is 10.0 Å². The molecule has 10 heteroatoms. The quantitative estimate of drug-likeness (QED) is 0.471. The van der Waals surface area contributed by atoms with Crippen LogP contribution in [0.1, 0.15) is 5.56 Å². The Kier molecular flexibility index (Phi) is 5.40. The van der Waals surface area contributed by atoms with Crippen molar-refractivity contribution in [2.24, 2.45) is 0 Å². The van der Waals surface area contributed by atoms with Crippen LogP contribution in [0, 0.1) is 0 Å². The third-order valence-electron chi connectivity index (χ3n) is 4.16. The molecule has 0 atom stereocenters. The van der Waals surface area contributed by atoms with Gasteiger partial charge in [0.25, 0.3) is 0 Å². The highest BCUT2D eigenvalue weighted by Gasteiger charge is 2.06. The van der Waals surface area contributed by atoms with Gasteiger partial charge in [-0.05, 0) is 35.9 Å². The van der Waals surface area contributed by atoms with Crippen molar-refractivity contribution >= 4 is 27.2 Å². The van der Waals surface area contributed by atoms with E-state index in [-0.39, 0.29) is 0 Å². The summed E-state index contributed by atoms with van der Waals surface area (Å²) in [5, 5.41) is 7.34. The number of nitrogens with zero attached hydrogens (tertiary/aromatic N) is 5. The summed E-state index contributed by atoms with van der Waals surface area (Å²) in [5.74, 6) is 0.630. The van der Waals surface area contributed by atoms with E-state index in [4.69, 9.17) is 0 Å². The van der Waals surface area contributed by atoms with Crippen molar-refractivity contribution in [3.8, 4) is 11.3 Å². The summed E-state index contributed by atoms with van der Waals surface area (Å²) >= 11 is 0. The minimum atomic E-state index is -3.31. The van der Waals surface area contributed by atoms with E-state index < -0.39 is 10.0 Å². The molecule has 0 bridgehead atoms. The van der Waals surface area contributed by atoms with Crippen molar-refractivity contribution < 1.29 is 8.42 Å². The normalized spacial score (nSPS) is 11.2. The number of aromatic nitrogens is 5. The lowest BCUT2D eigenvalue weighted by molar-refractivity contribution is 0.607. The molecule has 0 aliphatic rings. The van der Waals surface area contributed by atoms with E-state index in [0.717, 1.165) is 28.8 Å². The van der Waals surface area contributed by atoms with Crippen LogP contribution in [-0.4, -0.2) is 39.4 Å². The minimum absolute atomic E-state index is 0.496. The molecule has 0 radical (unpaired) electrons. The van der Waals surface area contributed by atoms with Crippen LogP contribution in [-0.2, 0) is 16.6 Å². The largest absolute Gasteiger partial charge is 0.340 e. The molecule has 4 aromatic rings. The predicted molar refractivity (Wildman–Crippen MR) is 115 cm³/mol. The molecule has 2 aromatic heterocycles. The van der Waals surface area contributed by atoms with Crippen molar-refractivity contribution in [3.05, 3.63) is 79.1 Å². The third kappa shape index (κ3) is 5.17. The van der Waals surface area contributed by atoms with E-state index in [1.165, 1.54) is 12.7 Å². The Hall–Kier alpha value is -3.79. The first-order valence-corrected chi connectivity index (χ1v) is 10.9. The summed E-state index contributed by atoms with van der Waals surface area (Å²) in [6.45, 7) is 0.623. The number of hydrogen-bond acceptors (Lipinski definition) is 7. The van der Waals surface area contributed by atoms with Crippen LogP contribution in [0.25, 0.3) is 11.3 Å². The van der Waals surface area contributed by atoms with Crippen LogP contribution in [0.5, 0.6) is 0 Å². The molecule has 0 aliphatic carbocycles. The fourth-order valence-electron chi connectivity index (χ4n) is 2.90. The lowest BCUT2D eigenvalue weighted by Crippen LogP contribution is -2.09. The summed E-state index contributed by atoms with van der Waals surface area (Å²) in [7, 11) is -3.31. The number of sulfonamides is 1. The maximum Gasteiger partial charge on any atom is 0.229 e. The number of nitrogens with one attached hydrogen (secondary N) is 2. The number of anilines is 3. The average molecular weight is 421 g/mol. The van der Waals surface area contributed by atoms with Gasteiger partial charge in [0, 0.05) is 23.0 Å². The van der Waals surface area contributed by atoms with Crippen molar-refractivity contribution in [3.63, 3.8) is 0 Å². The molecule has 0 spiro atoms. The van der Waals surface area contributed by atoms with E-state index >= 15 is 0 Å². The number of rotatable bonds is 7. The zero-order valence-corrected chi connectivity index (χ0v) is 16.9. The summed E-state index contributed by atoms with van der Waals surface area (Å²) in [6.07, 6.45) is 5.80. The SMILES string of the molecule is CS(=O)(=O)Nc1ccc(Nc2cc(-c3cccc(Cn4cncn4)c3)ncn2)cc1. The lowest BCUT2D eigenvalue weighted by Gasteiger charge is -2.09. The molecule has 152 valence electrons. The molecule has 0 fully saturated rings. The Balaban J connectivity index is 1.50. The molecule has 0 amide bonds. The molecule has 0 saturated carbocycles. The van der Waals surface area contributed by atoms with Crippen LogP contribution in [0.2, 0.25) is 0 Å². The molecule has 2 aromatic carbocycles. The van der Waals surface area contributed by atoms with Crippen LogP contribution >= 0.6 is 0 Å². The zero-order valence-electron chi connectivity index (χ0n) is 16.1.